The number of benzene rings is 1. The number of hydrogen-bond donors (Lipinski definition) is 1. The van der Waals surface area contributed by atoms with E-state index in [9.17, 15) is 13.2 Å². The Bertz CT molecular complexity index is 955. The van der Waals surface area contributed by atoms with Crippen LogP contribution in [0.25, 0.3) is 0 Å². The number of carbonyl (C=O) groups excluding carboxylic acids is 1. The molecule has 0 radical (unpaired) electrons. The van der Waals surface area contributed by atoms with Crippen LogP contribution in [0, 0.1) is 10.9 Å². The molecule has 0 bridgehead atoms. The summed E-state index contributed by atoms with van der Waals surface area (Å²) in [5.74, 6) is -0.0814. The normalized spacial score (nSPS) is 16.7. The molecule has 1 fully saturated rings. The molecular weight excluding hydrogens is 392 g/mol. The quantitative estimate of drug-likeness (QED) is 0.578. The number of nitrogens with one attached hydrogen (secondary N) is 1. The van der Waals surface area contributed by atoms with Crippen LogP contribution in [0.4, 0.5) is 0 Å². The molecule has 0 atom stereocenters. The summed E-state index contributed by atoms with van der Waals surface area (Å²) in [4.78, 5) is 12.8. The van der Waals surface area contributed by atoms with E-state index in [1.165, 1.54) is 39.6 Å². The molecule has 0 unspecified atom stereocenters. The fraction of sp³-hybridized carbons (Fsp3) is 0.438. The zero-order chi connectivity index (χ0) is 18.9. The van der Waals surface area contributed by atoms with Crippen LogP contribution in [0.3, 0.4) is 0 Å². The van der Waals surface area contributed by atoms with Crippen LogP contribution in [0.1, 0.15) is 22.3 Å². The van der Waals surface area contributed by atoms with E-state index >= 15 is 0 Å². The third-order valence-electron chi connectivity index (χ3n) is 4.41. The van der Waals surface area contributed by atoms with Crippen molar-refractivity contribution in [2.75, 3.05) is 26.2 Å². The molecule has 140 valence electrons. The van der Waals surface area contributed by atoms with Gasteiger partial charge in [0.1, 0.15) is 5.01 Å². The molecule has 1 aromatic heterocycles. The maximum absolute atomic E-state index is 12.8. The molecule has 1 aliphatic rings. The summed E-state index contributed by atoms with van der Waals surface area (Å²) in [5.41, 5.74) is 0.508. The Hall–Kier alpha value is -1.46. The van der Waals surface area contributed by atoms with E-state index in [2.05, 4.69) is 5.10 Å². The van der Waals surface area contributed by atoms with E-state index in [4.69, 9.17) is 12.2 Å². The fourth-order valence-electron chi connectivity index (χ4n) is 2.93. The number of aromatic nitrogens is 2. The lowest BCUT2D eigenvalue weighted by atomic mass is 10.2. The number of aryl methyl sites for hydroxylation is 1. The van der Waals surface area contributed by atoms with Gasteiger partial charge in [-0.05, 0) is 38.2 Å². The molecule has 0 aliphatic carbocycles. The number of sulfonamides is 1. The van der Waals surface area contributed by atoms with E-state index in [1.807, 2.05) is 11.6 Å². The number of Topliss-reactive ketones (excluding diaryl/α,β-unsaturated/α-hetero) is 1. The third kappa shape index (κ3) is 4.09. The van der Waals surface area contributed by atoms with Gasteiger partial charge in [-0.1, -0.05) is 23.5 Å². The Labute approximate surface area is 161 Å². The lowest BCUT2D eigenvalue weighted by Crippen LogP contribution is -3.14. The van der Waals surface area contributed by atoms with Crippen molar-refractivity contribution in [3.8, 4) is 0 Å². The number of quaternary nitrogens is 1. The van der Waals surface area contributed by atoms with Gasteiger partial charge in [-0.15, -0.1) is 0 Å². The van der Waals surface area contributed by atoms with E-state index in [-0.39, 0.29) is 10.7 Å². The number of piperazine rings is 1. The molecule has 0 amide bonds. The molecule has 1 saturated heterocycles. The predicted octanol–water partition coefficient (Wildman–Crippen LogP) is 0.732. The van der Waals surface area contributed by atoms with Gasteiger partial charge in [0.25, 0.3) is 0 Å². The van der Waals surface area contributed by atoms with Gasteiger partial charge in [0.15, 0.2) is 16.4 Å². The minimum Gasteiger partial charge on any atom is -0.314 e. The highest BCUT2D eigenvalue weighted by molar-refractivity contribution is 7.89. The molecule has 26 heavy (non-hydrogen) atoms. The maximum Gasteiger partial charge on any atom is 0.243 e. The Balaban J connectivity index is 1.65. The molecule has 3 rings (SSSR count). The molecule has 7 nitrogen and oxygen atoms in total. The predicted molar refractivity (Wildman–Crippen MR) is 102 cm³/mol. The zero-order valence-electron chi connectivity index (χ0n) is 14.6. The number of carbonyl (C=O) groups is 1. The van der Waals surface area contributed by atoms with Gasteiger partial charge >= 0.3 is 0 Å². The van der Waals surface area contributed by atoms with E-state index in [1.54, 1.807) is 12.1 Å². The minimum absolute atomic E-state index is 0.0814. The van der Waals surface area contributed by atoms with Crippen molar-refractivity contribution in [3.63, 3.8) is 0 Å². The second-order valence-electron chi connectivity index (χ2n) is 6.28. The number of hydrogen-bond acceptors (Lipinski definition) is 6. The summed E-state index contributed by atoms with van der Waals surface area (Å²) in [5, 5.41) is 5.33. The summed E-state index contributed by atoms with van der Waals surface area (Å²) in [7, 11) is -3.54. The van der Waals surface area contributed by atoms with Gasteiger partial charge < -0.3 is 4.90 Å². The molecule has 10 heteroatoms. The molecular formula is C16H21N4O3S3+. The van der Waals surface area contributed by atoms with Gasteiger partial charge in [0, 0.05) is 5.56 Å². The fourth-order valence-corrected chi connectivity index (χ4v) is 5.45. The van der Waals surface area contributed by atoms with Crippen LogP contribution in [-0.2, 0) is 16.7 Å². The first-order chi connectivity index (χ1) is 12.3. The standard InChI is InChI=1S/C16H20N4O3S3/c1-12(21)14-3-5-15(6-4-14)26(22,23)19-9-7-18(8-10-19)11-20-16(24)25-13(2)17-20/h3-6H,7-11H2,1-2H3/p+1. The second kappa shape index (κ2) is 7.65. The SMILES string of the molecule is CC(=O)c1ccc(S(=O)(=O)N2CC[NH+](Cn3nc(C)sc3=S)CC2)cc1. The minimum atomic E-state index is -3.54. The Kier molecular flexibility index (Phi) is 5.68. The number of rotatable bonds is 5. The van der Waals surface area contributed by atoms with Crippen molar-refractivity contribution < 1.29 is 18.1 Å². The van der Waals surface area contributed by atoms with Gasteiger partial charge in [0.05, 0.1) is 31.1 Å². The van der Waals surface area contributed by atoms with Crippen molar-refractivity contribution in [1.82, 2.24) is 14.1 Å². The maximum atomic E-state index is 12.8. The Morgan fingerprint density at radius 1 is 1.27 bits per heavy atom. The van der Waals surface area contributed by atoms with Crippen LogP contribution in [0.15, 0.2) is 29.2 Å². The molecule has 2 heterocycles. The topological polar surface area (TPSA) is 76.7 Å². The van der Waals surface area contributed by atoms with E-state index < -0.39 is 10.0 Å². The van der Waals surface area contributed by atoms with Gasteiger partial charge in [-0.25, -0.2) is 8.42 Å². The largest absolute Gasteiger partial charge is 0.314 e. The summed E-state index contributed by atoms with van der Waals surface area (Å²) >= 11 is 6.78. The van der Waals surface area contributed by atoms with Crippen molar-refractivity contribution in [2.45, 2.75) is 25.4 Å². The van der Waals surface area contributed by atoms with Gasteiger partial charge in [0.2, 0.25) is 10.0 Å². The molecule has 1 N–H and O–H groups in total. The molecule has 1 aliphatic heterocycles. The molecule has 2 aromatic rings. The van der Waals surface area contributed by atoms with Crippen LogP contribution >= 0.6 is 23.6 Å². The first kappa shape index (κ1) is 19.3. The summed E-state index contributed by atoms with van der Waals surface area (Å²) in [6, 6.07) is 6.12. The third-order valence-corrected chi connectivity index (χ3v) is 7.54. The van der Waals surface area contributed by atoms with E-state index in [0.29, 0.717) is 38.4 Å². The first-order valence-corrected chi connectivity index (χ1v) is 10.9. The van der Waals surface area contributed by atoms with E-state index in [0.717, 1.165) is 8.96 Å². The van der Waals surface area contributed by atoms with Gasteiger partial charge in [-0.3, -0.25) is 4.79 Å². The Morgan fingerprint density at radius 2 is 1.88 bits per heavy atom. The average molecular weight is 414 g/mol. The van der Waals surface area contributed by atoms with Crippen LogP contribution in [-0.4, -0.2) is 54.5 Å². The summed E-state index contributed by atoms with van der Waals surface area (Å²) < 4.78 is 29.6. The molecule has 0 saturated carbocycles. The highest BCUT2D eigenvalue weighted by Crippen LogP contribution is 2.16. The summed E-state index contributed by atoms with van der Waals surface area (Å²) in [6.45, 7) is 6.33. The van der Waals surface area contributed by atoms with Gasteiger partial charge in [-0.2, -0.15) is 14.1 Å². The highest BCUT2D eigenvalue weighted by Gasteiger charge is 2.30. The lowest BCUT2D eigenvalue weighted by Gasteiger charge is -2.31. The van der Waals surface area contributed by atoms with Crippen molar-refractivity contribution in [1.29, 1.82) is 0 Å². The molecule has 0 spiro atoms. The average Bonchev–Trinajstić information content (AvgIpc) is 2.92. The monoisotopic (exact) mass is 413 g/mol. The highest BCUT2D eigenvalue weighted by atomic mass is 32.2. The number of ketones is 1. The Morgan fingerprint density at radius 3 is 2.38 bits per heavy atom. The van der Waals surface area contributed by atoms with Crippen LogP contribution in [0.5, 0.6) is 0 Å². The van der Waals surface area contributed by atoms with Crippen LogP contribution < -0.4 is 4.90 Å². The van der Waals surface area contributed by atoms with Crippen molar-refractivity contribution in [2.24, 2.45) is 0 Å². The number of nitrogens with zero attached hydrogens (tertiary/aromatic N) is 3. The van der Waals surface area contributed by atoms with Crippen molar-refractivity contribution in [3.05, 3.63) is 38.8 Å². The second-order valence-corrected chi connectivity index (χ2v) is 10.0. The lowest BCUT2D eigenvalue weighted by molar-refractivity contribution is -0.926. The molecule has 1 aromatic carbocycles. The van der Waals surface area contributed by atoms with Crippen LogP contribution in [0.2, 0.25) is 0 Å². The van der Waals surface area contributed by atoms with Crippen molar-refractivity contribution >= 4 is 39.4 Å². The zero-order valence-corrected chi connectivity index (χ0v) is 17.1. The first-order valence-electron chi connectivity index (χ1n) is 8.26. The summed E-state index contributed by atoms with van der Waals surface area (Å²) in [6.07, 6.45) is 0. The smallest absolute Gasteiger partial charge is 0.243 e.